The van der Waals surface area contributed by atoms with Gasteiger partial charge in [0.15, 0.2) is 0 Å². The molecular formula is C5H7F5. The lowest BCUT2D eigenvalue weighted by Crippen LogP contribution is -1.99. The smallest absolute Gasteiger partial charge is 0.251 e. The minimum absolute atomic E-state index is 0.250. The molecule has 0 saturated heterocycles. The van der Waals surface area contributed by atoms with Crippen LogP contribution in [0.5, 0.6) is 0 Å². The first-order valence-corrected chi connectivity index (χ1v) is 2.38. The van der Waals surface area contributed by atoms with Gasteiger partial charge < -0.3 is 0 Å². The molecule has 0 rings (SSSR count). The molecule has 5 heteroatoms. The number of hydrogen-bond acceptors (Lipinski definition) is 0. The largest absolute Gasteiger partial charge is 0.411 e. The van der Waals surface area contributed by atoms with E-state index in [1.165, 1.54) is 6.92 Å². The molecule has 0 saturated carbocycles. The Morgan fingerprint density at radius 2 is 1.60 bits per heavy atom. The van der Waals surface area contributed by atoms with Crippen LogP contribution in [0.15, 0.2) is 12.4 Å². The van der Waals surface area contributed by atoms with Crippen molar-refractivity contribution in [1.29, 1.82) is 0 Å². The zero-order chi connectivity index (χ0) is 8.62. The highest BCUT2D eigenvalue weighted by Gasteiger charge is 2.21. The molecule has 0 heterocycles. The van der Waals surface area contributed by atoms with E-state index >= 15 is 0 Å². The Balaban J connectivity index is 0. The molecule has 0 amide bonds. The van der Waals surface area contributed by atoms with Crippen LogP contribution in [0.4, 0.5) is 22.0 Å². The van der Waals surface area contributed by atoms with Crippen LogP contribution < -0.4 is 0 Å². The Labute approximate surface area is 55.3 Å². The summed E-state index contributed by atoms with van der Waals surface area (Å²) in [6.45, 7) is 1.21. The standard InChI is InChI=1S/C3H2F4.C2H5F/c4-2-1-3(5,6)7;1-2-3/h1-2H;2H2,1H3. The molecule has 62 valence electrons. The fourth-order valence-corrected chi connectivity index (χ4v) is 0.0714. The van der Waals surface area contributed by atoms with E-state index in [-0.39, 0.29) is 6.67 Å². The third kappa shape index (κ3) is 26.3. The molecule has 0 aliphatic carbocycles. The highest BCUT2D eigenvalue weighted by Crippen LogP contribution is 2.15. The van der Waals surface area contributed by atoms with Crippen LogP contribution in [0.2, 0.25) is 0 Å². The first-order valence-electron chi connectivity index (χ1n) is 2.38. The van der Waals surface area contributed by atoms with Crippen LogP contribution >= 0.6 is 0 Å². The number of alkyl halides is 4. The van der Waals surface area contributed by atoms with E-state index < -0.39 is 18.6 Å². The lowest BCUT2D eigenvalue weighted by molar-refractivity contribution is -0.0805. The van der Waals surface area contributed by atoms with Gasteiger partial charge in [-0.1, -0.05) is 0 Å². The van der Waals surface area contributed by atoms with Crippen LogP contribution in [0.25, 0.3) is 0 Å². The Morgan fingerprint density at radius 1 is 1.30 bits per heavy atom. The summed E-state index contributed by atoms with van der Waals surface area (Å²) in [5.74, 6) is 0. The van der Waals surface area contributed by atoms with Crippen LogP contribution in [-0.2, 0) is 0 Å². The second kappa shape index (κ2) is 6.51. The van der Waals surface area contributed by atoms with Crippen molar-refractivity contribution >= 4 is 0 Å². The molecule has 0 N–H and O–H groups in total. The maximum Gasteiger partial charge on any atom is 0.411 e. The number of rotatable bonds is 0. The maximum atomic E-state index is 10.7. The minimum Gasteiger partial charge on any atom is -0.251 e. The van der Waals surface area contributed by atoms with Gasteiger partial charge in [0, 0.05) is 6.08 Å². The van der Waals surface area contributed by atoms with Gasteiger partial charge in [-0.15, -0.1) is 0 Å². The lowest BCUT2D eigenvalue weighted by atomic mass is 10.6. The average Bonchev–Trinajstić information content (AvgIpc) is 1.63. The molecule has 0 spiro atoms. The zero-order valence-electron chi connectivity index (χ0n) is 5.25. The van der Waals surface area contributed by atoms with E-state index in [1.54, 1.807) is 0 Å². The van der Waals surface area contributed by atoms with Gasteiger partial charge in [-0.25, -0.2) is 4.39 Å². The fraction of sp³-hybridized carbons (Fsp3) is 0.600. The summed E-state index contributed by atoms with van der Waals surface area (Å²) >= 11 is 0. The summed E-state index contributed by atoms with van der Waals surface area (Å²) in [5.41, 5.74) is 0. The van der Waals surface area contributed by atoms with Gasteiger partial charge in [-0.05, 0) is 6.92 Å². The summed E-state index contributed by atoms with van der Waals surface area (Å²) in [5, 5.41) is 0. The topological polar surface area (TPSA) is 0 Å². The van der Waals surface area contributed by atoms with Gasteiger partial charge in [0.1, 0.15) is 0 Å². The van der Waals surface area contributed by atoms with Crippen molar-refractivity contribution in [2.45, 2.75) is 13.1 Å². The highest BCUT2D eigenvalue weighted by molar-refractivity contribution is 4.80. The quantitative estimate of drug-likeness (QED) is 0.480. The van der Waals surface area contributed by atoms with E-state index in [0.29, 0.717) is 0 Å². The van der Waals surface area contributed by atoms with E-state index in [2.05, 4.69) is 0 Å². The summed E-state index contributed by atoms with van der Waals surface area (Å²) < 4.78 is 53.1. The highest BCUT2D eigenvalue weighted by atomic mass is 19.4. The molecule has 0 bridgehead atoms. The summed E-state index contributed by atoms with van der Waals surface area (Å²) in [4.78, 5) is 0. The molecule has 0 unspecified atom stereocenters. The predicted octanol–water partition coefficient (Wildman–Crippen LogP) is 3.01. The third-order valence-electron chi connectivity index (χ3n) is 0.252. The van der Waals surface area contributed by atoms with Crippen LogP contribution in [0, 0.1) is 0 Å². The van der Waals surface area contributed by atoms with E-state index in [4.69, 9.17) is 0 Å². The molecule has 0 aliphatic rings. The van der Waals surface area contributed by atoms with Crippen LogP contribution in [-0.4, -0.2) is 12.9 Å². The van der Waals surface area contributed by atoms with Gasteiger partial charge in [-0.2, -0.15) is 13.2 Å². The number of hydrogen-bond donors (Lipinski definition) is 0. The van der Waals surface area contributed by atoms with E-state index in [9.17, 15) is 22.0 Å². The molecule has 0 radical (unpaired) electrons. The molecule has 0 atom stereocenters. The molecule has 0 aromatic carbocycles. The molecule has 0 aliphatic heterocycles. The third-order valence-corrected chi connectivity index (χ3v) is 0.252. The molecule has 0 fully saturated rings. The predicted molar refractivity (Wildman–Crippen MR) is 28.0 cm³/mol. The van der Waals surface area contributed by atoms with Gasteiger partial charge >= 0.3 is 6.18 Å². The number of halogens is 5. The average molecular weight is 162 g/mol. The van der Waals surface area contributed by atoms with Crippen molar-refractivity contribution in [3.63, 3.8) is 0 Å². The van der Waals surface area contributed by atoms with Gasteiger partial charge in [0.2, 0.25) is 0 Å². The van der Waals surface area contributed by atoms with Crippen molar-refractivity contribution in [2.24, 2.45) is 0 Å². The van der Waals surface area contributed by atoms with Gasteiger partial charge in [-0.3, -0.25) is 4.39 Å². The van der Waals surface area contributed by atoms with E-state index in [1.807, 2.05) is 0 Å². The van der Waals surface area contributed by atoms with Crippen molar-refractivity contribution in [1.82, 2.24) is 0 Å². The second-order valence-electron chi connectivity index (χ2n) is 1.10. The first kappa shape index (κ1) is 12.1. The SMILES string of the molecule is CCF.FC=CC(F)(F)F. The Kier molecular flexibility index (Phi) is 7.88. The van der Waals surface area contributed by atoms with Gasteiger partial charge in [0.05, 0.1) is 13.0 Å². The van der Waals surface area contributed by atoms with Crippen molar-refractivity contribution in [3.05, 3.63) is 12.4 Å². The summed E-state index contributed by atoms with van der Waals surface area (Å²) in [6.07, 6.45) is -5.53. The monoisotopic (exact) mass is 162 g/mol. The number of allylic oxidation sites excluding steroid dienone is 1. The Bertz CT molecular complexity index is 82.5. The molecular weight excluding hydrogens is 155 g/mol. The maximum absolute atomic E-state index is 10.7. The molecule has 0 aromatic heterocycles. The van der Waals surface area contributed by atoms with Crippen LogP contribution in [0.3, 0.4) is 0 Å². The van der Waals surface area contributed by atoms with Crippen molar-refractivity contribution in [3.8, 4) is 0 Å². The van der Waals surface area contributed by atoms with Crippen LogP contribution in [0.1, 0.15) is 6.92 Å². The normalized spacial score (nSPS) is 11.0. The molecule has 0 nitrogen and oxygen atoms in total. The lowest BCUT2D eigenvalue weighted by Gasteiger charge is -1.92. The Hall–Kier alpha value is -0.610. The van der Waals surface area contributed by atoms with E-state index in [0.717, 1.165) is 0 Å². The fourth-order valence-electron chi connectivity index (χ4n) is 0.0714. The van der Waals surface area contributed by atoms with Crippen molar-refractivity contribution in [2.75, 3.05) is 6.67 Å². The molecule has 10 heavy (non-hydrogen) atoms. The second-order valence-corrected chi connectivity index (χ2v) is 1.10. The summed E-state index contributed by atoms with van der Waals surface area (Å²) in [7, 11) is 0. The minimum atomic E-state index is -4.51. The van der Waals surface area contributed by atoms with Crippen molar-refractivity contribution < 1.29 is 22.0 Å². The Morgan fingerprint density at radius 3 is 1.60 bits per heavy atom. The van der Waals surface area contributed by atoms with Gasteiger partial charge in [0.25, 0.3) is 0 Å². The first-order chi connectivity index (χ1) is 4.47. The zero-order valence-corrected chi connectivity index (χ0v) is 5.25. The molecule has 0 aromatic rings. The summed E-state index contributed by atoms with van der Waals surface area (Å²) in [6, 6.07) is 0.